The summed E-state index contributed by atoms with van der Waals surface area (Å²) < 4.78 is 10.2. The molecule has 6 nitrogen and oxygen atoms in total. The van der Waals surface area contributed by atoms with Crippen molar-refractivity contribution in [2.75, 3.05) is 13.7 Å². The van der Waals surface area contributed by atoms with Crippen LogP contribution in [0.25, 0.3) is 17.4 Å². The SMILES string of the molecule is COC(=O)CN1C(=O)S/C(=C\c2ccc(-c3ccc(Cl)c(Cl)c3)o2)C1=O. The van der Waals surface area contributed by atoms with Gasteiger partial charge in [0.05, 0.1) is 22.1 Å². The highest BCUT2D eigenvalue weighted by atomic mass is 35.5. The van der Waals surface area contributed by atoms with Crippen LogP contribution < -0.4 is 0 Å². The fourth-order valence-corrected chi connectivity index (χ4v) is 3.31. The third-order valence-corrected chi connectivity index (χ3v) is 5.14. The number of hydrogen-bond acceptors (Lipinski definition) is 6. The van der Waals surface area contributed by atoms with Gasteiger partial charge in [-0.05, 0) is 42.1 Å². The number of methoxy groups -OCH3 is 1. The molecule has 0 bridgehead atoms. The minimum Gasteiger partial charge on any atom is -0.468 e. The number of rotatable bonds is 4. The molecular formula is C17H11Cl2NO5S. The second-order valence-electron chi connectivity index (χ2n) is 5.17. The number of hydrogen-bond donors (Lipinski definition) is 0. The van der Waals surface area contributed by atoms with Gasteiger partial charge in [0.2, 0.25) is 0 Å². The van der Waals surface area contributed by atoms with E-state index in [1.165, 1.54) is 13.2 Å². The molecule has 1 aliphatic rings. The van der Waals surface area contributed by atoms with E-state index in [-0.39, 0.29) is 4.91 Å². The van der Waals surface area contributed by atoms with Crippen LogP contribution in [0.1, 0.15) is 5.76 Å². The summed E-state index contributed by atoms with van der Waals surface area (Å²) in [6, 6.07) is 8.44. The molecule has 9 heteroatoms. The first-order chi connectivity index (χ1) is 12.4. The standard InChI is InChI=1S/C17H11Cl2NO5S/c1-24-15(21)8-20-16(22)14(26-17(20)23)7-10-3-5-13(25-10)9-2-4-11(18)12(19)6-9/h2-7H,8H2,1H3/b14-7-. The van der Waals surface area contributed by atoms with E-state index >= 15 is 0 Å². The number of amides is 2. The molecule has 3 rings (SSSR count). The van der Waals surface area contributed by atoms with E-state index in [2.05, 4.69) is 4.74 Å². The van der Waals surface area contributed by atoms with Crippen LogP contribution >= 0.6 is 35.0 Å². The zero-order valence-electron chi connectivity index (χ0n) is 13.3. The summed E-state index contributed by atoms with van der Waals surface area (Å²) in [6.07, 6.45) is 1.45. The Morgan fingerprint density at radius 2 is 2.00 bits per heavy atom. The van der Waals surface area contributed by atoms with Gasteiger partial charge < -0.3 is 9.15 Å². The Kier molecular flexibility index (Phi) is 5.41. The van der Waals surface area contributed by atoms with Crippen molar-refractivity contribution in [3.63, 3.8) is 0 Å². The number of benzene rings is 1. The first-order valence-corrected chi connectivity index (χ1v) is 8.83. The maximum absolute atomic E-state index is 12.3. The summed E-state index contributed by atoms with van der Waals surface area (Å²) in [4.78, 5) is 36.4. The second-order valence-corrected chi connectivity index (χ2v) is 6.98. The average Bonchev–Trinajstić information content (AvgIpc) is 3.18. The molecule has 1 aromatic carbocycles. The molecule has 26 heavy (non-hydrogen) atoms. The lowest BCUT2D eigenvalue weighted by molar-refractivity contribution is -0.143. The van der Waals surface area contributed by atoms with Crippen LogP contribution in [0.15, 0.2) is 39.7 Å². The number of esters is 1. The lowest BCUT2D eigenvalue weighted by Crippen LogP contribution is -2.34. The van der Waals surface area contributed by atoms with Gasteiger partial charge in [0.15, 0.2) is 0 Å². The third kappa shape index (κ3) is 3.80. The van der Waals surface area contributed by atoms with Gasteiger partial charge in [-0.3, -0.25) is 19.3 Å². The molecule has 0 atom stereocenters. The van der Waals surface area contributed by atoms with E-state index in [1.807, 2.05) is 0 Å². The van der Waals surface area contributed by atoms with Gasteiger partial charge >= 0.3 is 5.97 Å². The molecule has 1 aliphatic heterocycles. The number of halogens is 2. The van der Waals surface area contributed by atoms with Crippen molar-refractivity contribution in [2.24, 2.45) is 0 Å². The molecule has 2 amide bonds. The van der Waals surface area contributed by atoms with Crippen LogP contribution in [-0.2, 0) is 14.3 Å². The number of imide groups is 1. The maximum Gasteiger partial charge on any atom is 0.325 e. The van der Waals surface area contributed by atoms with Gasteiger partial charge in [0.25, 0.3) is 11.1 Å². The van der Waals surface area contributed by atoms with Crippen LogP contribution in [0.2, 0.25) is 10.0 Å². The summed E-state index contributed by atoms with van der Waals surface area (Å²) in [5.74, 6) is -0.329. The van der Waals surface area contributed by atoms with Crippen molar-refractivity contribution in [3.8, 4) is 11.3 Å². The number of nitrogens with zero attached hydrogens (tertiary/aromatic N) is 1. The maximum atomic E-state index is 12.3. The van der Waals surface area contributed by atoms with Gasteiger partial charge in [-0.25, -0.2) is 0 Å². The highest BCUT2D eigenvalue weighted by Gasteiger charge is 2.36. The second kappa shape index (κ2) is 7.57. The molecule has 134 valence electrons. The topological polar surface area (TPSA) is 76.8 Å². The molecule has 2 heterocycles. The number of furan rings is 1. The van der Waals surface area contributed by atoms with Crippen molar-refractivity contribution < 1.29 is 23.5 Å². The molecule has 0 aliphatic carbocycles. The normalized spacial score (nSPS) is 15.8. The smallest absolute Gasteiger partial charge is 0.325 e. The fraction of sp³-hybridized carbons (Fsp3) is 0.118. The van der Waals surface area contributed by atoms with Gasteiger partial charge in [-0.1, -0.05) is 23.2 Å². The molecular weight excluding hydrogens is 401 g/mol. The van der Waals surface area contributed by atoms with E-state index in [0.717, 1.165) is 22.2 Å². The molecule has 0 saturated carbocycles. The van der Waals surface area contributed by atoms with Crippen LogP contribution in [0.4, 0.5) is 4.79 Å². The molecule has 0 unspecified atom stereocenters. The summed E-state index contributed by atoms with van der Waals surface area (Å²) in [5, 5.41) is 0.287. The lowest BCUT2D eigenvalue weighted by atomic mass is 10.2. The van der Waals surface area contributed by atoms with E-state index in [9.17, 15) is 14.4 Å². The lowest BCUT2D eigenvalue weighted by Gasteiger charge is -2.09. The van der Waals surface area contributed by atoms with Crippen molar-refractivity contribution in [3.05, 3.63) is 51.0 Å². The van der Waals surface area contributed by atoms with Gasteiger partial charge in [-0.15, -0.1) is 0 Å². The summed E-state index contributed by atoms with van der Waals surface area (Å²) >= 11 is 12.6. The molecule has 0 radical (unpaired) electrons. The van der Waals surface area contributed by atoms with Crippen LogP contribution in [0.3, 0.4) is 0 Å². The zero-order chi connectivity index (χ0) is 18.8. The molecule has 1 fully saturated rings. The number of carbonyl (C=O) groups is 3. The Hall–Kier alpha value is -2.22. The highest BCUT2D eigenvalue weighted by molar-refractivity contribution is 8.18. The monoisotopic (exact) mass is 411 g/mol. The molecule has 0 N–H and O–H groups in total. The molecule has 1 aromatic heterocycles. The van der Waals surface area contributed by atoms with E-state index in [1.54, 1.807) is 30.3 Å². The Bertz CT molecular complexity index is 937. The van der Waals surface area contributed by atoms with E-state index in [4.69, 9.17) is 27.6 Å². The third-order valence-electron chi connectivity index (χ3n) is 3.49. The van der Waals surface area contributed by atoms with Crippen molar-refractivity contribution in [1.29, 1.82) is 0 Å². The van der Waals surface area contributed by atoms with E-state index in [0.29, 0.717) is 21.6 Å². The summed E-state index contributed by atoms with van der Waals surface area (Å²) in [6.45, 7) is -0.425. The molecule has 0 spiro atoms. The van der Waals surface area contributed by atoms with Crippen molar-refractivity contribution in [2.45, 2.75) is 0 Å². The van der Waals surface area contributed by atoms with Gasteiger partial charge in [0, 0.05) is 11.6 Å². The van der Waals surface area contributed by atoms with Crippen molar-refractivity contribution in [1.82, 2.24) is 4.90 Å². The summed E-state index contributed by atoms with van der Waals surface area (Å²) in [5.41, 5.74) is 0.720. The quantitative estimate of drug-likeness (QED) is 0.545. The van der Waals surface area contributed by atoms with Gasteiger partial charge in [0.1, 0.15) is 18.1 Å². The van der Waals surface area contributed by atoms with Gasteiger partial charge in [-0.2, -0.15) is 0 Å². The van der Waals surface area contributed by atoms with Crippen LogP contribution in [-0.4, -0.2) is 35.7 Å². The predicted octanol–water partition coefficient (Wildman–Crippen LogP) is 4.46. The zero-order valence-corrected chi connectivity index (χ0v) is 15.7. The Labute approximate surface area is 162 Å². The molecule has 2 aromatic rings. The molecule has 1 saturated heterocycles. The number of thioether (sulfide) groups is 1. The highest BCUT2D eigenvalue weighted by Crippen LogP contribution is 2.34. The minimum absolute atomic E-state index is 0.161. The summed E-state index contributed by atoms with van der Waals surface area (Å²) in [7, 11) is 1.19. The first kappa shape index (κ1) is 18.6. The minimum atomic E-state index is -0.673. The Morgan fingerprint density at radius 3 is 2.69 bits per heavy atom. The Balaban J connectivity index is 1.82. The number of ether oxygens (including phenoxy) is 1. The van der Waals surface area contributed by atoms with Crippen LogP contribution in [0, 0.1) is 0 Å². The fourth-order valence-electron chi connectivity index (χ4n) is 2.19. The Morgan fingerprint density at radius 1 is 1.23 bits per heavy atom. The van der Waals surface area contributed by atoms with E-state index < -0.39 is 23.7 Å². The predicted molar refractivity (Wildman–Crippen MR) is 98.9 cm³/mol. The first-order valence-electron chi connectivity index (χ1n) is 7.26. The largest absolute Gasteiger partial charge is 0.468 e. The average molecular weight is 412 g/mol. The van der Waals surface area contributed by atoms with Crippen molar-refractivity contribution >= 4 is 58.2 Å². The number of carbonyl (C=O) groups excluding carboxylic acids is 3. The van der Waals surface area contributed by atoms with Crippen LogP contribution in [0.5, 0.6) is 0 Å².